The number of aromatic nitrogens is 4. The highest BCUT2D eigenvalue weighted by atomic mass is 32.1. The quantitative estimate of drug-likeness (QED) is 0.109. The summed E-state index contributed by atoms with van der Waals surface area (Å²) < 4.78 is 7.53. The summed E-state index contributed by atoms with van der Waals surface area (Å²) in [7, 11) is 0. The van der Waals surface area contributed by atoms with E-state index in [0.29, 0.717) is 37.1 Å². The molecule has 37 heavy (non-hydrogen) atoms. The highest BCUT2D eigenvalue weighted by Crippen LogP contribution is 2.32. The number of amides is 3. The number of carbonyl (C=O) groups is 2. The number of nitrogens with one attached hydrogen (secondary N) is 4. The van der Waals surface area contributed by atoms with Crippen LogP contribution in [0, 0.1) is 0 Å². The van der Waals surface area contributed by atoms with Crippen molar-refractivity contribution in [2.75, 3.05) is 12.0 Å². The zero-order valence-electron chi connectivity index (χ0n) is 19.7. The van der Waals surface area contributed by atoms with E-state index in [1.165, 1.54) is 0 Å². The normalized spacial score (nSPS) is 16.4. The van der Waals surface area contributed by atoms with E-state index in [4.69, 9.17) is 9.72 Å². The molecule has 0 radical (unpaired) electrons. The number of hydrogen-bond donors (Lipinski definition) is 4. The molecule has 11 nitrogen and oxygen atoms in total. The van der Waals surface area contributed by atoms with Crippen molar-refractivity contribution >= 4 is 40.8 Å². The van der Waals surface area contributed by atoms with Crippen LogP contribution in [-0.2, 0) is 22.7 Å². The van der Waals surface area contributed by atoms with Crippen LogP contribution >= 0.6 is 11.3 Å². The van der Waals surface area contributed by atoms with Crippen LogP contribution in [0.15, 0.2) is 54.6 Å². The fourth-order valence-electron chi connectivity index (χ4n) is 3.90. The number of hydrogen-bond acceptors (Lipinski definition) is 9. The molecule has 1 saturated carbocycles. The molecule has 0 unspecified atom stereocenters. The summed E-state index contributed by atoms with van der Waals surface area (Å²) in [5.41, 5.74) is 3.33. The molecule has 6 rings (SSSR count). The van der Waals surface area contributed by atoms with E-state index in [1.807, 2.05) is 30.3 Å². The molecule has 12 heteroatoms. The maximum absolute atomic E-state index is 12.0. The van der Waals surface area contributed by atoms with Crippen molar-refractivity contribution in [3.8, 4) is 10.6 Å². The average molecular weight is 517 g/mol. The van der Waals surface area contributed by atoms with Crippen molar-refractivity contribution in [3.63, 3.8) is 0 Å². The van der Waals surface area contributed by atoms with Gasteiger partial charge in [0, 0.05) is 41.5 Å². The number of urea groups is 1. The predicted molar refractivity (Wildman–Crippen MR) is 138 cm³/mol. The minimum Gasteiger partial charge on any atom is -0.367 e. The van der Waals surface area contributed by atoms with E-state index in [0.717, 1.165) is 39.7 Å². The Balaban J connectivity index is 1.20. The van der Waals surface area contributed by atoms with Gasteiger partial charge < -0.3 is 15.4 Å². The van der Waals surface area contributed by atoms with E-state index in [-0.39, 0.29) is 5.70 Å². The van der Waals surface area contributed by atoms with Gasteiger partial charge in [-0.15, -0.1) is 11.3 Å². The van der Waals surface area contributed by atoms with Gasteiger partial charge >= 0.3 is 6.03 Å². The highest BCUT2D eigenvalue weighted by Gasteiger charge is 2.25. The number of rotatable bonds is 10. The Bertz CT molecular complexity index is 1490. The molecular formula is C25H24N8O3S. The molecule has 0 aromatic carbocycles. The number of thiophene rings is 1. The third-order valence-electron chi connectivity index (χ3n) is 5.89. The van der Waals surface area contributed by atoms with Gasteiger partial charge in [0.25, 0.3) is 5.91 Å². The summed E-state index contributed by atoms with van der Waals surface area (Å²) in [6, 6.07) is 9.87. The lowest BCUT2D eigenvalue weighted by Crippen LogP contribution is -2.22. The zero-order chi connectivity index (χ0) is 25.2. The summed E-state index contributed by atoms with van der Waals surface area (Å²) in [6.07, 6.45) is 9.00. The summed E-state index contributed by atoms with van der Waals surface area (Å²) in [5, 5.41) is 16.0. The van der Waals surface area contributed by atoms with Crippen molar-refractivity contribution < 1.29 is 14.3 Å². The molecule has 188 valence electrons. The minimum atomic E-state index is -0.543. The second-order valence-electron chi connectivity index (χ2n) is 8.79. The molecule has 4 aromatic rings. The SMILES string of the molecule is O=C1NC(=O)/C(=C/c2cnn3c(NC4CC4)cc(-c4ccc(COCNCc5ccncc5)s4)nc23)N1. The molecular weight excluding hydrogens is 492 g/mol. The van der Waals surface area contributed by atoms with Gasteiger partial charge in [-0.3, -0.25) is 20.4 Å². The Hall–Kier alpha value is -4.13. The van der Waals surface area contributed by atoms with Crippen LogP contribution in [0.2, 0.25) is 0 Å². The Morgan fingerprint density at radius 3 is 2.81 bits per heavy atom. The molecule has 5 heterocycles. The van der Waals surface area contributed by atoms with Gasteiger partial charge in [0.15, 0.2) is 5.65 Å². The van der Waals surface area contributed by atoms with Gasteiger partial charge in [0.05, 0.1) is 30.1 Å². The summed E-state index contributed by atoms with van der Waals surface area (Å²) >= 11 is 1.62. The van der Waals surface area contributed by atoms with Gasteiger partial charge in [-0.2, -0.15) is 9.61 Å². The van der Waals surface area contributed by atoms with E-state index in [1.54, 1.807) is 40.5 Å². The number of pyridine rings is 1. The highest BCUT2D eigenvalue weighted by molar-refractivity contribution is 7.15. The monoisotopic (exact) mass is 516 g/mol. The smallest absolute Gasteiger partial charge is 0.326 e. The van der Waals surface area contributed by atoms with Crippen LogP contribution in [0.4, 0.5) is 10.6 Å². The number of ether oxygens (including phenoxy) is 1. The van der Waals surface area contributed by atoms with Gasteiger partial charge in [0.2, 0.25) is 0 Å². The molecule has 4 N–H and O–H groups in total. The van der Waals surface area contributed by atoms with Crippen LogP contribution in [0.1, 0.15) is 28.8 Å². The summed E-state index contributed by atoms with van der Waals surface area (Å²) in [6.45, 7) is 1.64. The van der Waals surface area contributed by atoms with Crippen LogP contribution < -0.4 is 21.3 Å². The Morgan fingerprint density at radius 1 is 1.16 bits per heavy atom. The molecule has 2 aliphatic rings. The molecule has 0 spiro atoms. The molecule has 3 amide bonds. The predicted octanol–water partition coefficient (Wildman–Crippen LogP) is 2.87. The van der Waals surface area contributed by atoms with Crippen LogP contribution in [-0.4, -0.2) is 44.3 Å². The number of carbonyl (C=O) groups excluding carboxylic acids is 2. The van der Waals surface area contributed by atoms with Crippen LogP contribution in [0.25, 0.3) is 22.3 Å². The standard InChI is InChI=1S/C25H24N8O3S/c34-24-20(31-25(35)32-24)9-16-12-28-33-22(29-17-1-2-17)10-19(30-23(16)33)21-4-3-18(37-21)13-36-14-27-11-15-5-7-26-8-6-15/h3-10,12,17,27,29H,1-2,11,13-14H2,(H2,31,32,34,35)/b20-9-. The van der Waals surface area contributed by atoms with Gasteiger partial charge in [-0.25, -0.2) is 9.78 Å². The number of anilines is 1. The van der Waals surface area contributed by atoms with E-state index in [2.05, 4.69) is 31.3 Å². The maximum atomic E-state index is 12.0. The third kappa shape index (κ3) is 5.35. The topological polar surface area (TPSA) is 135 Å². The van der Waals surface area contributed by atoms with Crippen molar-refractivity contribution in [1.82, 2.24) is 35.5 Å². The van der Waals surface area contributed by atoms with Crippen molar-refractivity contribution in [1.29, 1.82) is 0 Å². The molecule has 1 saturated heterocycles. The van der Waals surface area contributed by atoms with Crippen molar-refractivity contribution in [2.45, 2.75) is 32.0 Å². The number of nitrogens with zero attached hydrogens (tertiary/aromatic N) is 4. The van der Waals surface area contributed by atoms with Gasteiger partial charge in [0.1, 0.15) is 11.5 Å². The number of imide groups is 1. The van der Waals surface area contributed by atoms with Gasteiger partial charge in [-0.1, -0.05) is 0 Å². The van der Waals surface area contributed by atoms with Crippen molar-refractivity contribution in [2.24, 2.45) is 0 Å². The summed E-state index contributed by atoms with van der Waals surface area (Å²) in [5.74, 6) is 0.355. The fraction of sp³-hybridized carbons (Fsp3) is 0.240. The maximum Gasteiger partial charge on any atom is 0.326 e. The lowest BCUT2D eigenvalue weighted by atomic mass is 10.2. The minimum absolute atomic E-state index is 0.164. The number of fused-ring (bicyclic) bond motifs is 1. The first-order valence-corrected chi connectivity index (χ1v) is 12.7. The molecule has 0 bridgehead atoms. The van der Waals surface area contributed by atoms with Crippen LogP contribution in [0.3, 0.4) is 0 Å². The van der Waals surface area contributed by atoms with Crippen molar-refractivity contribution in [3.05, 3.63) is 70.6 Å². The Labute approximate surface area is 216 Å². The molecule has 2 fully saturated rings. The first-order valence-electron chi connectivity index (χ1n) is 11.9. The first-order chi connectivity index (χ1) is 18.1. The zero-order valence-corrected chi connectivity index (χ0v) is 20.5. The Kier molecular flexibility index (Phi) is 6.35. The molecule has 1 aliphatic heterocycles. The van der Waals surface area contributed by atoms with E-state index < -0.39 is 11.9 Å². The fourth-order valence-corrected chi connectivity index (χ4v) is 4.80. The summed E-state index contributed by atoms with van der Waals surface area (Å²) in [4.78, 5) is 34.5. The second-order valence-corrected chi connectivity index (χ2v) is 9.96. The second kappa shape index (κ2) is 10.1. The lowest BCUT2D eigenvalue weighted by molar-refractivity contribution is -0.115. The largest absolute Gasteiger partial charge is 0.367 e. The Morgan fingerprint density at radius 2 is 2.03 bits per heavy atom. The average Bonchev–Trinajstić information content (AvgIpc) is 3.28. The van der Waals surface area contributed by atoms with Crippen LogP contribution in [0.5, 0.6) is 0 Å². The molecule has 1 aliphatic carbocycles. The molecule has 0 atom stereocenters. The first kappa shape index (κ1) is 23.3. The third-order valence-corrected chi connectivity index (χ3v) is 6.97. The van der Waals surface area contributed by atoms with E-state index in [9.17, 15) is 9.59 Å². The van der Waals surface area contributed by atoms with Gasteiger partial charge in [-0.05, 0) is 48.7 Å². The lowest BCUT2D eigenvalue weighted by Gasteiger charge is -2.09. The van der Waals surface area contributed by atoms with E-state index >= 15 is 0 Å². The molecule has 4 aromatic heterocycles.